The normalized spacial score (nSPS) is 4.00. The van der Waals surface area contributed by atoms with Gasteiger partial charge in [0.15, 0.2) is 0 Å². The molecule has 0 spiro atoms. The first-order valence-corrected chi connectivity index (χ1v) is 1.86. The minimum absolute atomic E-state index is 0. The molecule has 43 valence electrons. The minimum atomic E-state index is 0. The van der Waals surface area contributed by atoms with E-state index in [4.69, 9.17) is 0 Å². The summed E-state index contributed by atoms with van der Waals surface area (Å²) in [5.74, 6) is 0. The van der Waals surface area contributed by atoms with Gasteiger partial charge in [-0.15, -0.1) is 0 Å². The number of rotatable bonds is 0. The molecule has 0 nitrogen and oxygen atoms in total. The molecular weight excluding hydrogens is 124 g/mol. The summed E-state index contributed by atoms with van der Waals surface area (Å²) >= 11 is 0. The summed E-state index contributed by atoms with van der Waals surface area (Å²) in [6.45, 7) is 9.00. The molecule has 0 bridgehead atoms. The van der Waals surface area contributed by atoms with Crippen LogP contribution in [0.4, 0.5) is 0 Å². The van der Waals surface area contributed by atoms with E-state index in [0.717, 1.165) is 0 Å². The summed E-state index contributed by atoms with van der Waals surface area (Å²) < 4.78 is 0. The summed E-state index contributed by atoms with van der Waals surface area (Å²) in [4.78, 5) is 0. The molecule has 0 aromatic rings. The van der Waals surface area contributed by atoms with Crippen molar-refractivity contribution < 1.29 is 17.1 Å². The molecule has 0 fully saturated rings. The van der Waals surface area contributed by atoms with E-state index in [9.17, 15) is 0 Å². The van der Waals surface area contributed by atoms with Gasteiger partial charge in [-0.25, -0.2) is 0 Å². The van der Waals surface area contributed by atoms with E-state index >= 15 is 0 Å². The predicted octanol–water partition coefficient (Wildman–Crippen LogP) is 2.07. The molecule has 0 aromatic carbocycles. The maximum absolute atomic E-state index is 3.25. The molecule has 0 aliphatic rings. The smallest absolute Gasteiger partial charge is 0.346 e. The molecule has 1 heteroatoms. The van der Waals surface area contributed by atoms with Crippen molar-refractivity contribution >= 4 is 0 Å². The van der Waals surface area contributed by atoms with E-state index in [1.807, 2.05) is 20.3 Å². The molecule has 0 saturated carbocycles. The monoisotopic (exact) mass is 135 g/mol. The van der Waals surface area contributed by atoms with Gasteiger partial charge in [-0.3, -0.25) is 0 Å². The molecule has 0 heterocycles. The third-order valence-corrected chi connectivity index (χ3v) is 0. The fourth-order valence-corrected chi connectivity index (χ4v) is 0. The van der Waals surface area contributed by atoms with Crippen molar-refractivity contribution in [3.8, 4) is 0 Å². The standard InChI is InChI=1S/C3H7.C2H5.Cu/c1-3-2;1-2;/h3H,1-2H3;1H2,2H3;/q2*-1;+2. The molecular formula is C5H12Cu. The van der Waals surface area contributed by atoms with Crippen LogP contribution in [0.3, 0.4) is 0 Å². The minimum Gasteiger partial charge on any atom is -0.346 e. The molecule has 0 unspecified atom stereocenters. The van der Waals surface area contributed by atoms with Gasteiger partial charge in [0.25, 0.3) is 0 Å². The van der Waals surface area contributed by atoms with Crippen molar-refractivity contribution in [1.82, 2.24) is 0 Å². The summed E-state index contributed by atoms with van der Waals surface area (Å²) in [5, 5.41) is 0. The van der Waals surface area contributed by atoms with Crippen LogP contribution in [0.2, 0.25) is 0 Å². The van der Waals surface area contributed by atoms with E-state index in [1.54, 1.807) is 6.92 Å². The van der Waals surface area contributed by atoms with Crippen LogP contribution in [-0.4, -0.2) is 0 Å². The molecule has 0 atom stereocenters. The van der Waals surface area contributed by atoms with Gasteiger partial charge in [0.2, 0.25) is 0 Å². The van der Waals surface area contributed by atoms with Crippen LogP contribution in [-0.2, 0) is 17.1 Å². The molecule has 0 N–H and O–H groups in total. The zero-order valence-electron chi connectivity index (χ0n) is 4.59. The Kier molecular flexibility index (Phi) is 130. The first kappa shape index (κ1) is 16.0. The van der Waals surface area contributed by atoms with Crippen LogP contribution < -0.4 is 0 Å². The summed E-state index contributed by atoms with van der Waals surface area (Å²) in [6.07, 6.45) is 2.00. The molecule has 0 aliphatic carbocycles. The fraction of sp³-hybridized carbons (Fsp3) is 0.600. The number of hydrogen-bond donors (Lipinski definition) is 0. The Bertz CT molecular complexity index is 3.90. The van der Waals surface area contributed by atoms with Crippen molar-refractivity contribution in [3.05, 3.63) is 13.3 Å². The van der Waals surface area contributed by atoms with Crippen LogP contribution in [0.15, 0.2) is 0 Å². The maximum Gasteiger partial charge on any atom is 2.00 e. The van der Waals surface area contributed by atoms with Crippen molar-refractivity contribution in [2.45, 2.75) is 20.8 Å². The van der Waals surface area contributed by atoms with E-state index in [1.165, 1.54) is 0 Å². The fourth-order valence-electron chi connectivity index (χ4n) is 0. The Morgan fingerprint density at radius 2 is 1.17 bits per heavy atom. The third-order valence-electron chi connectivity index (χ3n) is 0. The van der Waals surface area contributed by atoms with Crippen LogP contribution in [0, 0.1) is 13.3 Å². The first-order chi connectivity index (χ1) is 2.41. The van der Waals surface area contributed by atoms with Gasteiger partial charge >= 0.3 is 17.1 Å². The van der Waals surface area contributed by atoms with E-state index < -0.39 is 0 Å². The zero-order valence-corrected chi connectivity index (χ0v) is 5.53. The summed E-state index contributed by atoms with van der Waals surface area (Å²) in [5.41, 5.74) is 0. The average Bonchev–Trinajstić information content (AvgIpc) is 1.46. The van der Waals surface area contributed by atoms with E-state index in [2.05, 4.69) is 6.92 Å². The van der Waals surface area contributed by atoms with Crippen molar-refractivity contribution in [3.63, 3.8) is 0 Å². The molecule has 0 saturated heterocycles. The first-order valence-electron chi connectivity index (χ1n) is 1.86. The van der Waals surface area contributed by atoms with Gasteiger partial charge < -0.3 is 13.3 Å². The van der Waals surface area contributed by atoms with Gasteiger partial charge in [0.1, 0.15) is 0 Å². The van der Waals surface area contributed by atoms with Gasteiger partial charge in [-0.2, -0.15) is 20.8 Å². The maximum atomic E-state index is 3.25. The van der Waals surface area contributed by atoms with Crippen molar-refractivity contribution in [2.24, 2.45) is 0 Å². The van der Waals surface area contributed by atoms with Gasteiger partial charge in [0.05, 0.1) is 0 Å². The van der Waals surface area contributed by atoms with Crippen LogP contribution in [0.1, 0.15) is 20.8 Å². The Morgan fingerprint density at radius 1 is 1.17 bits per heavy atom. The Morgan fingerprint density at radius 3 is 1.17 bits per heavy atom. The zero-order chi connectivity index (χ0) is 4.71. The Hall–Kier alpha value is 0.519. The van der Waals surface area contributed by atoms with Crippen LogP contribution >= 0.6 is 0 Å². The second-order valence-electron chi connectivity index (χ2n) is 0.577. The quantitative estimate of drug-likeness (QED) is 0.353. The average molecular weight is 136 g/mol. The molecule has 6 heavy (non-hydrogen) atoms. The Labute approximate surface area is 51.8 Å². The van der Waals surface area contributed by atoms with Crippen LogP contribution in [0.25, 0.3) is 0 Å². The molecule has 0 rings (SSSR count). The molecule has 1 radical (unpaired) electrons. The van der Waals surface area contributed by atoms with Gasteiger partial charge in [-0.05, 0) is 0 Å². The van der Waals surface area contributed by atoms with E-state index in [-0.39, 0.29) is 17.1 Å². The molecule has 0 amide bonds. The van der Waals surface area contributed by atoms with Crippen molar-refractivity contribution in [1.29, 1.82) is 0 Å². The SMILES string of the molecule is C[CH-]C.[CH2-]C.[Cu+2]. The molecule has 0 aromatic heterocycles. The summed E-state index contributed by atoms with van der Waals surface area (Å²) in [7, 11) is 0. The second-order valence-corrected chi connectivity index (χ2v) is 0.577. The van der Waals surface area contributed by atoms with Gasteiger partial charge in [0, 0.05) is 0 Å². The predicted molar refractivity (Wildman–Crippen MR) is 26.7 cm³/mol. The Balaban J connectivity index is -0.0000000275. The van der Waals surface area contributed by atoms with Gasteiger partial charge in [-0.1, -0.05) is 0 Å². The third kappa shape index (κ3) is 207. The second kappa shape index (κ2) is 48.8. The number of hydrogen-bond acceptors (Lipinski definition) is 0. The largest absolute Gasteiger partial charge is 2.00 e. The summed E-state index contributed by atoms with van der Waals surface area (Å²) in [6, 6.07) is 0. The molecule has 0 aliphatic heterocycles. The topological polar surface area (TPSA) is 0 Å². The van der Waals surface area contributed by atoms with E-state index in [0.29, 0.717) is 0 Å². The van der Waals surface area contributed by atoms with Crippen molar-refractivity contribution in [2.75, 3.05) is 0 Å². The van der Waals surface area contributed by atoms with Crippen LogP contribution in [0.5, 0.6) is 0 Å².